The molecular weight excluding hydrogens is 470 g/mol. The van der Waals surface area contributed by atoms with E-state index < -0.39 is 12.2 Å². The van der Waals surface area contributed by atoms with Gasteiger partial charge >= 0.3 is 12.2 Å². The number of carbonyl (C=O) groups is 3. The maximum absolute atomic E-state index is 13.1. The lowest BCUT2D eigenvalue weighted by atomic mass is 10.2. The van der Waals surface area contributed by atoms with Gasteiger partial charge in [-0.15, -0.1) is 11.3 Å². The minimum absolute atomic E-state index is 0.0361. The van der Waals surface area contributed by atoms with Gasteiger partial charge in [0.25, 0.3) is 5.91 Å². The first-order valence-electron chi connectivity index (χ1n) is 11.1. The molecule has 10 nitrogen and oxygen atoms in total. The SMILES string of the molecule is Cc1cc2cc(Nc3ccnc4cc(C(=O)N5CCCC5CO)sc34)ccc2n1C(=O)OC(N)=O. The maximum atomic E-state index is 13.1. The molecule has 4 N–H and O–H groups in total. The first kappa shape index (κ1) is 22.8. The average molecular weight is 494 g/mol. The quantitative estimate of drug-likeness (QED) is 0.366. The number of nitrogens with one attached hydrogen (secondary N) is 1. The molecule has 0 saturated carbocycles. The van der Waals surface area contributed by atoms with Gasteiger partial charge in [0.15, 0.2) is 0 Å². The van der Waals surface area contributed by atoms with Crippen LogP contribution in [0.15, 0.2) is 42.6 Å². The highest BCUT2D eigenvalue weighted by molar-refractivity contribution is 7.21. The molecule has 1 aliphatic rings. The van der Waals surface area contributed by atoms with Gasteiger partial charge in [-0.3, -0.25) is 9.78 Å². The van der Waals surface area contributed by atoms with Gasteiger partial charge in [0.2, 0.25) is 0 Å². The standard InChI is InChI=1S/C24H23N5O5S/c1-13-9-14-10-15(4-5-19(14)29(13)24(33)34-23(25)32)27-17-6-7-26-18-11-20(35-21(17)18)22(31)28-8-2-3-16(28)12-30/h4-7,9-11,16,30H,2-3,8,12H2,1H3,(H2,25,32)(H,26,27). The molecule has 4 aromatic rings. The highest BCUT2D eigenvalue weighted by Crippen LogP contribution is 2.35. The molecule has 1 unspecified atom stereocenters. The molecule has 0 spiro atoms. The number of carbonyl (C=O) groups excluding carboxylic acids is 3. The Morgan fingerprint density at radius 3 is 2.86 bits per heavy atom. The Balaban J connectivity index is 1.44. The van der Waals surface area contributed by atoms with E-state index in [0.29, 0.717) is 28.1 Å². The summed E-state index contributed by atoms with van der Waals surface area (Å²) in [6.45, 7) is 2.34. The van der Waals surface area contributed by atoms with Crippen LogP contribution >= 0.6 is 11.3 Å². The molecule has 11 heteroatoms. The smallest absolute Gasteiger partial charge is 0.394 e. The summed E-state index contributed by atoms with van der Waals surface area (Å²) in [7, 11) is 0. The summed E-state index contributed by atoms with van der Waals surface area (Å²) in [4.78, 5) is 43.0. The molecule has 1 atom stereocenters. The zero-order valence-electron chi connectivity index (χ0n) is 18.9. The number of benzene rings is 1. The Hall–Kier alpha value is -3.96. The van der Waals surface area contributed by atoms with E-state index in [2.05, 4.69) is 15.0 Å². The number of hydrogen-bond acceptors (Lipinski definition) is 8. The van der Waals surface area contributed by atoms with Crippen LogP contribution in [0.4, 0.5) is 21.0 Å². The van der Waals surface area contributed by atoms with Crippen molar-refractivity contribution in [3.63, 3.8) is 0 Å². The zero-order chi connectivity index (χ0) is 24.7. The van der Waals surface area contributed by atoms with E-state index in [1.807, 2.05) is 12.1 Å². The summed E-state index contributed by atoms with van der Waals surface area (Å²) in [5, 5.41) is 13.7. The van der Waals surface area contributed by atoms with Crippen molar-refractivity contribution in [2.45, 2.75) is 25.8 Å². The van der Waals surface area contributed by atoms with Crippen LogP contribution in [0.3, 0.4) is 0 Å². The monoisotopic (exact) mass is 493 g/mol. The van der Waals surface area contributed by atoms with Crippen molar-refractivity contribution >= 4 is 61.9 Å². The van der Waals surface area contributed by atoms with Crippen LogP contribution in [0.5, 0.6) is 0 Å². The first-order chi connectivity index (χ1) is 16.9. The van der Waals surface area contributed by atoms with Crippen molar-refractivity contribution in [3.8, 4) is 0 Å². The minimum Gasteiger partial charge on any atom is -0.394 e. The number of nitrogens with two attached hydrogens (primary N) is 1. The molecule has 1 fully saturated rings. The Morgan fingerprint density at radius 2 is 2.09 bits per heavy atom. The number of ether oxygens (including phenoxy) is 1. The Bertz CT molecular complexity index is 1480. The topological polar surface area (TPSA) is 140 Å². The van der Waals surface area contributed by atoms with E-state index in [0.717, 1.165) is 34.3 Å². The van der Waals surface area contributed by atoms with Gasteiger partial charge < -0.3 is 25.8 Å². The van der Waals surface area contributed by atoms with Crippen molar-refractivity contribution in [2.24, 2.45) is 5.73 Å². The van der Waals surface area contributed by atoms with Gasteiger partial charge in [-0.25, -0.2) is 14.2 Å². The number of likely N-dealkylation sites (tertiary alicyclic amines) is 1. The van der Waals surface area contributed by atoms with Gasteiger partial charge in [0, 0.05) is 29.5 Å². The Labute approximate surface area is 203 Å². The minimum atomic E-state index is -1.17. The normalized spacial score (nSPS) is 15.6. The third-order valence-corrected chi connectivity index (χ3v) is 7.25. The van der Waals surface area contributed by atoms with E-state index in [1.165, 1.54) is 15.9 Å². The number of thiophene rings is 1. The summed E-state index contributed by atoms with van der Waals surface area (Å²) in [6, 6.07) is 10.7. The van der Waals surface area contributed by atoms with Crippen LogP contribution in [-0.4, -0.2) is 56.8 Å². The lowest BCUT2D eigenvalue weighted by molar-refractivity contribution is 0.0682. The number of anilines is 2. The lowest BCUT2D eigenvalue weighted by Crippen LogP contribution is -2.37. The van der Waals surface area contributed by atoms with Crippen LogP contribution in [0, 0.1) is 6.92 Å². The van der Waals surface area contributed by atoms with E-state index in [4.69, 9.17) is 5.73 Å². The van der Waals surface area contributed by atoms with Gasteiger partial charge in [-0.2, -0.15) is 0 Å². The van der Waals surface area contributed by atoms with Crippen LogP contribution in [0.25, 0.3) is 21.1 Å². The number of hydrogen-bond donors (Lipinski definition) is 3. The largest absolute Gasteiger partial charge is 0.427 e. The molecule has 0 radical (unpaired) electrons. The summed E-state index contributed by atoms with van der Waals surface area (Å²) in [6.07, 6.45) is 1.34. The number of pyridine rings is 1. The van der Waals surface area contributed by atoms with Crippen LogP contribution in [0.2, 0.25) is 0 Å². The van der Waals surface area contributed by atoms with Gasteiger partial charge in [0.1, 0.15) is 0 Å². The fourth-order valence-corrected chi connectivity index (χ4v) is 5.58. The highest BCUT2D eigenvalue weighted by atomic mass is 32.1. The summed E-state index contributed by atoms with van der Waals surface area (Å²) in [5.74, 6) is -0.0865. The van der Waals surface area contributed by atoms with Crippen LogP contribution in [-0.2, 0) is 4.74 Å². The van der Waals surface area contributed by atoms with Crippen LogP contribution < -0.4 is 11.1 Å². The van der Waals surface area contributed by atoms with Gasteiger partial charge in [0.05, 0.1) is 38.9 Å². The summed E-state index contributed by atoms with van der Waals surface area (Å²) < 4.78 is 6.65. The van der Waals surface area contributed by atoms with Crippen LogP contribution in [0.1, 0.15) is 28.2 Å². The Kier molecular flexibility index (Phi) is 5.87. The number of fused-ring (bicyclic) bond motifs is 2. The van der Waals surface area contributed by atoms with Gasteiger partial charge in [-0.05, 0) is 56.2 Å². The third-order valence-electron chi connectivity index (χ3n) is 6.11. The van der Waals surface area contributed by atoms with Gasteiger partial charge in [-0.1, -0.05) is 0 Å². The molecule has 35 heavy (non-hydrogen) atoms. The lowest BCUT2D eigenvalue weighted by Gasteiger charge is -2.22. The highest BCUT2D eigenvalue weighted by Gasteiger charge is 2.30. The molecule has 1 aromatic carbocycles. The molecule has 1 saturated heterocycles. The number of aromatic nitrogens is 2. The fraction of sp³-hybridized carbons (Fsp3) is 0.250. The maximum Gasteiger partial charge on any atom is 0.427 e. The Morgan fingerprint density at radius 1 is 1.26 bits per heavy atom. The molecule has 5 rings (SSSR count). The number of amides is 2. The molecule has 3 aromatic heterocycles. The first-order valence-corrected chi connectivity index (χ1v) is 11.9. The second-order valence-corrected chi connectivity index (χ2v) is 9.42. The number of aryl methyl sites for hydroxylation is 1. The van der Waals surface area contributed by atoms with E-state index >= 15 is 0 Å². The molecule has 180 valence electrons. The molecule has 0 aliphatic carbocycles. The van der Waals surface area contributed by atoms with Crippen molar-refractivity contribution in [1.29, 1.82) is 0 Å². The van der Waals surface area contributed by atoms with Crippen molar-refractivity contribution in [3.05, 3.63) is 53.2 Å². The number of rotatable bonds is 4. The molecule has 1 aliphatic heterocycles. The predicted octanol–water partition coefficient (Wildman–Crippen LogP) is 3.96. The summed E-state index contributed by atoms with van der Waals surface area (Å²) in [5.41, 5.74) is 8.42. The number of aliphatic hydroxyl groups is 1. The van der Waals surface area contributed by atoms with E-state index in [1.54, 1.807) is 42.3 Å². The average Bonchev–Trinajstić information content (AvgIpc) is 3.54. The number of aliphatic hydroxyl groups excluding tert-OH is 1. The molecule has 2 amide bonds. The van der Waals surface area contributed by atoms with Crippen molar-refractivity contribution < 1.29 is 24.2 Å². The molecular formula is C24H23N5O5S. The third kappa shape index (κ3) is 4.19. The number of primary amides is 1. The van der Waals surface area contributed by atoms with Crippen molar-refractivity contribution in [2.75, 3.05) is 18.5 Å². The molecule has 0 bridgehead atoms. The van der Waals surface area contributed by atoms with E-state index in [-0.39, 0.29) is 18.6 Å². The molecule has 4 heterocycles. The fourth-order valence-electron chi connectivity index (χ4n) is 4.54. The predicted molar refractivity (Wildman–Crippen MR) is 132 cm³/mol. The van der Waals surface area contributed by atoms with Crippen molar-refractivity contribution in [1.82, 2.24) is 14.5 Å². The zero-order valence-corrected chi connectivity index (χ0v) is 19.7. The summed E-state index contributed by atoms with van der Waals surface area (Å²) >= 11 is 1.36. The van der Waals surface area contributed by atoms with E-state index in [9.17, 15) is 19.5 Å². The second kappa shape index (κ2) is 9.01. The second-order valence-electron chi connectivity index (χ2n) is 8.37. The number of nitrogens with zero attached hydrogens (tertiary/aromatic N) is 3.